The number of aromatic nitrogens is 1. The highest BCUT2D eigenvalue weighted by Crippen LogP contribution is 2.17. The molecule has 0 saturated heterocycles. The van der Waals surface area contributed by atoms with Gasteiger partial charge >= 0.3 is 5.97 Å². The van der Waals surface area contributed by atoms with Crippen molar-refractivity contribution < 1.29 is 9.90 Å². The third-order valence-electron chi connectivity index (χ3n) is 1.71. The Morgan fingerprint density at radius 2 is 2.00 bits per heavy atom. The summed E-state index contributed by atoms with van der Waals surface area (Å²) in [5.74, 6) is -0.689. The predicted octanol–water partition coefficient (Wildman–Crippen LogP) is 2.93. The van der Waals surface area contributed by atoms with Crippen LogP contribution in [0.25, 0.3) is 0 Å². The summed E-state index contributed by atoms with van der Waals surface area (Å²) in [6.07, 6.45) is 3.00. The SMILES string of the molecule is CC.CC(C)c1ccncc1C(=O)O. The lowest BCUT2D eigenvalue weighted by Gasteiger charge is -2.07. The van der Waals surface area contributed by atoms with E-state index in [1.54, 1.807) is 12.3 Å². The van der Waals surface area contributed by atoms with Crippen LogP contribution in [0.5, 0.6) is 0 Å². The van der Waals surface area contributed by atoms with Gasteiger partial charge in [0.2, 0.25) is 0 Å². The highest BCUT2D eigenvalue weighted by Gasteiger charge is 2.11. The average molecular weight is 195 g/mol. The molecule has 1 heterocycles. The molecule has 3 nitrogen and oxygen atoms in total. The molecule has 3 heteroatoms. The molecular formula is C11H17NO2. The summed E-state index contributed by atoms with van der Waals surface area (Å²) in [6.45, 7) is 7.92. The Balaban J connectivity index is 0.000000791. The van der Waals surface area contributed by atoms with Gasteiger partial charge in [0.15, 0.2) is 0 Å². The number of carboxylic acids is 1. The van der Waals surface area contributed by atoms with Crippen LogP contribution >= 0.6 is 0 Å². The molecule has 0 amide bonds. The fraction of sp³-hybridized carbons (Fsp3) is 0.455. The Morgan fingerprint density at radius 3 is 2.36 bits per heavy atom. The molecule has 0 fully saturated rings. The summed E-state index contributed by atoms with van der Waals surface area (Å²) in [5, 5.41) is 8.77. The van der Waals surface area contributed by atoms with Crippen molar-refractivity contribution in [3.8, 4) is 0 Å². The van der Waals surface area contributed by atoms with Crippen molar-refractivity contribution in [3.05, 3.63) is 29.6 Å². The van der Waals surface area contributed by atoms with E-state index >= 15 is 0 Å². The van der Waals surface area contributed by atoms with Gasteiger partial charge in [0.05, 0.1) is 5.56 Å². The molecule has 0 atom stereocenters. The van der Waals surface area contributed by atoms with Gasteiger partial charge in [-0.1, -0.05) is 27.7 Å². The van der Waals surface area contributed by atoms with Crippen molar-refractivity contribution >= 4 is 5.97 Å². The third kappa shape index (κ3) is 3.17. The maximum Gasteiger partial charge on any atom is 0.337 e. The van der Waals surface area contributed by atoms with E-state index < -0.39 is 5.97 Å². The first-order chi connectivity index (χ1) is 6.63. The largest absolute Gasteiger partial charge is 0.478 e. The Kier molecular flexibility index (Phi) is 5.53. The minimum atomic E-state index is -0.910. The van der Waals surface area contributed by atoms with Crippen LogP contribution in [-0.4, -0.2) is 16.1 Å². The number of hydrogen-bond donors (Lipinski definition) is 1. The van der Waals surface area contributed by atoms with E-state index in [9.17, 15) is 4.79 Å². The molecule has 0 aliphatic rings. The van der Waals surface area contributed by atoms with Crippen molar-refractivity contribution in [3.63, 3.8) is 0 Å². The summed E-state index contributed by atoms with van der Waals surface area (Å²) in [6, 6.07) is 1.74. The van der Waals surface area contributed by atoms with Crippen molar-refractivity contribution in [2.75, 3.05) is 0 Å². The zero-order valence-electron chi connectivity index (χ0n) is 9.11. The number of hydrogen-bond acceptors (Lipinski definition) is 2. The van der Waals surface area contributed by atoms with Crippen LogP contribution in [0, 0.1) is 0 Å². The van der Waals surface area contributed by atoms with Gasteiger partial charge in [-0.2, -0.15) is 0 Å². The Labute approximate surface area is 84.8 Å². The molecule has 1 N–H and O–H groups in total. The van der Waals surface area contributed by atoms with Gasteiger partial charge in [0.25, 0.3) is 0 Å². The lowest BCUT2D eigenvalue weighted by atomic mass is 10.00. The minimum absolute atomic E-state index is 0.221. The smallest absolute Gasteiger partial charge is 0.337 e. The molecule has 1 aromatic rings. The molecule has 0 bridgehead atoms. The highest BCUT2D eigenvalue weighted by molar-refractivity contribution is 5.89. The van der Waals surface area contributed by atoms with E-state index in [0.717, 1.165) is 5.56 Å². The van der Waals surface area contributed by atoms with Crippen molar-refractivity contribution in [1.82, 2.24) is 4.98 Å². The summed E-state index contributed by atoms with van der Waals surface area (Å²) >= 11 is 0. The molecule has 78 valence electrons. The van der Waals surface area contributed by atoms with Crippen LogP contribution in [0.2, 0.25) is 0 Å². The van der Waals surface area contributed by atoms with Gasteiger partial charge in [0, 0.05) is 12.4 Å². The number of carboxylic acid groups (broad SMARTS) is 1. The minimum Gasteiger partial charge on any atom is -0.478 e. The van der Waals surface area contributed by atoms with Gasteiger partial charge in [0.1, 0.15) is 0 Å². The number of rotatable bonds is 2. The molecule has 14 heavy (non-hydrogen) atoms. The van der Waals surface area contributed by atoms with Crippen LogP contribution in [0.15, 0.2) is 18.5 Å². The van der Waals surface area contributed by atoms with Gasteiger partial charge in [-0.25, -0.2) is 4.79 Å². The highest BCUT2D eigenvalue weighted by atomic mass is 16.4. The fourth-order valence-corrected chi connectivity index (χ4v) is 1.09. The van der Waals surface area contributed by atoms with Crippen molar-refractivity contribution in [2.45, 2.75) is 33.6 Å². The summed E-state index contributed by atoms with van der Waals surface area (Å²) in [5.41, 5.74) is 1.13. The normalized spacial score (nSPS) is 9.21. The van der Waals surface area contributed by atoms with E-state index in [4.69, 9.17) is 5.11 Å². The van der Waals surface area contributed by atoms with Gasteiger partial charge in [-0.3, -0.25) is 4.98 Å². The van der Waals surface area contributed by atoms with E-state index in [1.807, 2.05) is 27.7 Å². The summed E-state index contributed by atoms with van der Waals surface area (Å²) in [4.78, 5) is 14.5. The summed E-state index contributed by atoms with van der Waals surface area (Å²) in [7, 11) is 0. The van der Waals surface area contributed by atoms with Gasteiger partial charge in [-0.15, -0.1) is 0 Å². The lowest BCUT2D eigenvalue weighted by molar-refractivity contribution is 0.0695. The maximum absolute atomic E-state index is 10.7. The van der Waals surface area contributed by atoms with E-state index in [1.165, 1.54) is 6.20 Å². The van der Waals surface area contributed by atoms with E-state index in [0.29, 0.717) is 5.56 Å². The second-order valence-electron chi connectivity index (χ2n) is 2.92. The molecule has 0 radical (unpaired) electrons. The Hall–Kier alpha value is -1.38. The zero-order chi connectivity index (χ0) is 11.1. The molecule has 0 unspecified atom stereocenters. The second kappa shape index (κ2) is 6.13. The van der Waals surface area contributed by atoms with Crippen LogP contribution in [-0.2, 0) is 0 Å². The first-order valence-corrected chi connectivity index (χ1v) is 4.80. The molecule has 0 aliphatic carbocycles. The monoisotopic (exact) mass is 195 g/mol. The molecule has 0 aliphatic heterocycles. The van der Waals surface area contributed by atoms with Crippen LogP contribution in [0.1, 0.15) is 49.5 Å². The zero-order valence-corrected chi connectivity index (χ0v) is 9.11. The van der Waals surface area contributed by atoms with E-state index in [-0.39, 0.29) is 5.92 Å². The predicted molar refractivity (Wildman–Crippen MR) is 56.6 cm³/mol. The maximum atomic E-state index is 10.7. The fourth-order valence-electron chi connectivity index (χ4n) is 1.09. The quantitative estimate of drug-likeness (QED) is 0.789. The van der Waals surface area contributed by atoms with Gasteiger partial charge < -0.3 is 5.11 Å². The molecule has 0 aromatic carbocycles. The van der Waals surface area contributed by atoms with Crippen LogP contribution in [0.4, 0.5) is 0 Å². The Morgan fingerprint density at radius 1 is 1.43 bits per heavy atom. The number of pyridine rings is 1. The number of carbonyl (C=O) groups is 1. The molecular weight excluding hydrogens is 178 g/mol. The van der Waals surface area contributed by atoms with Gasteiger partial charge in [-0.05, 0) is 17.5 Å². The van der Waals surface area contributed by atoms with Crippen molar-refractivity contribution in [2.24, 2.45) is 0 Å². The first-order valence-electron chi connectivity index (χ1n) is 4.80. The van der Waals surface area contributed by atoms with Crippen LogP contribution < -0.4 is 0 Å². The van der Waals surface area contributed by atoms with Crippen molar-refractivity contribution in [1.29, 1.82) is 0 Å². The number of nitrogens with zero attached hydrogens (tertiary/aromatic N) is 1. The summed E-state index contributed by atoms with van der Waals surface area (Å²) < 4.78 is 0. The molecule has 0 saturated carbocycles. The third-order valence-corrected chi connectivity index (χ3v) is 1.71. The lowest BCUT2D eigenvalue weighted by Crippen LogP contribution is -2.04. The topological polar surface area (TPSA) is 50.2 Å². The Bertz CT molecular complexity index is 295. The standard InChI is InChI=1S/C9H11NO2.C2H6/c1-6(2)7-3-4-10-5-8(7)9(11)12;1-2/h3-6H,1-2H3,(H,11,12);1-2H3. The van der Waals surface area contributed by atoms with E-state index in [2.05, 4.69) is 4.98 Å². The average Bonchev–Trinajstić information content (AvgIpc) is 2.20. The van der Waals surface area contributed by atoms with Crippen LogP contribution in [0.3, 0.4) is 0 Å². The molecule has 1 aromatic heterocycles. The molecule has 0 spiro atoms. The molecule has 1 rings (SSSR count). The number of aromatic carboxylic acids is 1. The second-order valence-corrected chi connectivity index (χ2v) is 2.92. The first kappa shape index (κ1) is 12.6.